The molecular formula is C21H30ClNO2. The molecule has 1 aromatic carbocycles. The van der Waals surface area contributed by atoms with Crippen LogP contribution < -0.4 is 14.8 Å². The number of ether oxygens (including phenoxy) is 2. The van der Waals surface area contributed by atoms with Gasteiger partial charge in [-0.25, -0.2) is 0 Å². The summed E-state index contributed by atoms with van der Waals surface area (Å²) in [5, 5.41) is 4.63. The van der Waals surface area contributed by atoms with E-state index in [1.54, 1.807) is 0 Å². The molecule has 3 nitrogen and oxygen atoms in total. The molecule has 0 radical (unpaired) electrons. The van der Waals surface area contributed by atoms with Gasteiger partial charge in [0, 0.05) is 23.7 Å². The van der Waals surface area contributed by atoms with Crippen molar-refractivity contribution in [3.8, 4) is 11.5 Å². The molecule has 0 unspecified atom stereocenters. The van der Waals surface area contributed by atoms with Gasteiger partial charge in [0.2, 0.25) is 0 Å². The molecule has 0 heterocycles. The smallest absolute Gasteiger partial charge is 0.162 e. The van der Waals surface area contributed by atoms with Crippen LogP contribution in [0.4, 0.5) is 0 Å². The summed E-state index contributed by atoms with van der Waals surface area (Å²) in [6.07, 6.45) is 7.25. The Labute approximate surface area is 156 Å². The third kappa shape index (κ3) is 3.50. The van der Waals surface area contributed by atoms with Crippen LogP contribution in [0, 0.1) is 23.7 Å². The Morgan fingerprint density at radius 1 is 0.920 bits per heavy atom. The van der Waals surface area contributed by atoms with Crippen LogP contribution in [0.5, 0.6) is 11.5 Å². The van der Waals surface area contributed by atoms with E-state index in [1.165, 1.54) is 32.1 Å². The van der Waals surface area contributed by atoms with Crippen molar-refractivity contribution < 1.29 is 9.47 Å². The first kappa shape index (κ1) is 17.5. The van der Waals surface area contributed by atoms with Crippen LogP contribution in [-0.4, -0.2) is 19.3 Å². The van der Waals surface area contributed by atoms with Crippen molar-refractivity contribution in [2.75, 3.05) is 13.2 Å². The van der Waals surface area contributed by atoms with Crippen molar-refractivity contribution in [1.29, 1.82) is 0 Å². The largest absolute Gasteiger partial charge is 0.490 e. The van der Waals surface area contributed by atoms with Crippen LogP contribution in [0.25, 0.3) is 0 Å². The van der Waals surface area contributed by atoms with Gasteiger partial charge in [-0.15, -0.1) is 0 Å². The number of rotatable bonds is 7. The second kappa shape index (κ2) is 7.36. The van der Waals surface area contributed by atoms with E-state index in [-0.39, 0.29) is 0 Å². The lowest BCUT2D eigenvalue weighted by Crippen LogP contribution is -2.54. The average Bonchev–Trinajstić information content (AvgIpc) is 2.57. The maximum Gasteiger partial charge on any atom is 0.162 e. The highest BCUT2D eigenvalue weighted by molar-refractivity contribution is 6.31. The second-order valence-corrected chi connectivity index (χ2v) is 8.50. The summed E-state index contributed by atoms with van der Waals surface area (Å²) in [5.74, 6) is 5.33. The highest BCUT2D eigenvalue weighted by atomic mass is 35.5. The van der Waals surface area contributed by atoms with Gasteiger partial charge >= 0.3 is 0 Å². The fourth-order valence-corrected chi connectivity index (χ4v) is 5.96. The van der Waals surface area contributed by atoms with Gasteiger partial charge in [-0.3, -0.25) is 0 Å². The lowest BCUT2D eigenvalue weighted by Gasteiger charge is -2.54. The molecule has 0 aromatic heterocycles. The van der Waals surface area contributed by atoms with E-state index in [0.29, 0.717) is 19.3 Å². The minimum atomic E-state index is 0.613. The molecular weight excluding hydrogens is 334 g/mol. The highest BCUT2D eigenvalue weighted by Gasteiger charge is 2.47. The van der Waals surface area contributed by atoms with E-state index < -0.39 is 0 Å². The number of hydrogen-bond acceptors (Lipinski definition) is 3. The van der Waals surface area contributed by atoms with E-state index in [2.05, 4.69) is 11.4 Å². The van der Waals surface area contributed by atoms with Gasteiger partial charge in [-0.2, -0.15) is 0 Å². The maximum atomic E-state index is 6.53. The van der Waals surface area contributed by atoms with Crippen LogP contribution >= 0.6 is 11.6 Å². The molecule has 4 saturated carbocycles. The van der Waals surface area contributed by atoms with Gasteiger partial charge in [0.05, 0.1) is 13.2 Å². The first-order valence-electron chi connectivity index (χ1n) is 9.99. The van der Waals surface area contributed by atoms with Gasteiger partial charge in [-0.05, 0) is 81.3 Å². The van der Waals surface area contributed by atoms with Gasteiger partial charge in [0.1, 0.15) is 0 Å². The molecule has 5 rings (SSSR count). The summed E-state index contributed by atoms with van der Waals surface area (Å²) in [7, 11) is 0. The van der Waals surface area contributed by atoms with E-state index in [1.807, 2.05) is 19.9 Å². The molecule has 4 aliphatic rings. The van der Waals surface area contributed by atoms with E-state index in [4.69, 9.17) is 21.1 Å². The zero-order valence-electron chi connectivity index (χ0n) is 15.4. The molecule has 4 heteroatoms. The molecule has 0 atom stereocenters. The summed E-state index contributed by atoms with van der Waals surface area (Å²) < 4.78 is 11.4. The van der Waals surface area contributed by atoms with Crippen molar-refractivity contribution in [3.05, 3.63) is 22.7 Å². The van der Waals surface area contributed by atoms with Crippen molar-refractivity contribution >= 4 is 11.6 Å². The van der Waals surface area contributed by atoms with Crippen molar-refractivity contribution in [3.63, 3.8) is 0 Å². The average molecular weight is 364 g/mol. The van der Waals surface area contributed by atoms with Gasteiger partial charge in [0.25, 0.3) is 0 Å². The Morgan fingerprint density at radius 3 is 2.04 bits per heavy atom. The Balaban J connectivity index is 1.46. The maximum absolute atomic E-state index is 6.53. The molecule has 4 bridgehead atoms. The second-order valence-electron chi connectivity index (χ2n) is 8.09. The SMILES string of the molecule is CCOc1cc(Cl)c(CNC2C3CC4CC(C3)CC2C4)cc1OCC. The molecule has 1 N–H and O–H groups in total. The number of hydrogen-bond donors (Lipinski definition) is 1. The monoisotopic (exact) mass is 363 g/mol. The lowest BCUT2D eigenvalue weighted by molar-refractivity contribution is -0.0142. The van der Waals surface area contributed by atoms with Crippen LogP contribution in [0.3, 0.4) is 0 Å². The Hall–Kier alpha value is -0.930. The zero-order valence-corrected chi connectivity index (χ0v) is 16.1. The highest BCUT2D eigenvalue weighted by Crippen LogP contribution is 2.53. The normalized spacial score (nSPS) is 32.8. The lowest BCUT2D eigenvalue weighted by atomic mass is 9.54. The van der Waals surface area contributed by atoms with E-state index in [9.17, 15) is 0 Å². The predicted molar refractivity (Wildman–Crippen MR) is 101 cm³/mol. The summed E-state index contributed by atoms with van der Waals surface area (Å²) in [4.78, 5) is 0. The molecule has 0 aliphatic heterocycles. The molecule has 138 valence electrons. The standard InChI is InChI=1S/C21H30ClNO2/c1-3-24-19-10-17(18(22)11-20(19)25-4-2)12-23-21-15-6-13-5-14(8-15)9-16(21)7-13/h10-11,13-16,21,23H,3-9,12H2,1-2H3. The third-order valence-corrected chi connectivity index (χ3v) is 6.82. The minimum absolute atomic E-state index is 0.613. The first-order chi connectivity index (χ1) is 12.2. The molecule has 4 fully saturated rings. The molecule has 0 amide bonds. The van der Waals surface area contributed by atoms with Gasteiger partial charge in [0.15, 0.2) is 11.5 Å². The summed E-state index contributed by atoms with van der Waals surface area (Å²) in [6.45, 7) is 6.03. The predicted octanol–water partition coefficient (Wildman–Crippen LogP) is 5.05. The van der Waals surface area contributed by atoms with Gasteiger partial charge < -0.3 is 14.8 Å². The molecule has 4 aliphatic carbocycles. The topological polar surface area (TPSA) is 30.5 Å². The summed E-state index contributed by atoms with van der Waals surface area (Å²) >= 11 is 6.53. The summed E-state index contributed by atoms with van der Waals surface area (Å²) in [6, 6.07) is 4.63. The first-order valence-corrected chi connectivity index (χ1v) is 10.4. The van der Waals surface area contributed by atoms with Crippen molar-refractivity contribution in [2.24, 2.45) is 23.7 Å². The molecule has 1 aromatic rings. The van der Waals surface area contributed by atoms with Crippen LogP contribution in [0.2, 0.25) is 5.02 Å². The van der Waals surface area contributed by atoms with Crippen LogP contribution in [0.15, 0.2) is 12.1 Å². The Bertz CT molecular complexity index is 590. The zero-order chi connectivity index (χ0) is 17.4. The fourth-order valence-electron chi connectivity index (χ4n) is 5.74. The van der Waals surface area contributed by atoms with Crippen molar-refractivity contribution in [2.45, 2.75) is 58.5 Å². The minimum Gasteiger partial charge on any atom is -0.490 e. The third-order valence-electron chi connectivity index (χ3n) is 6.47. The summed E-state index contributed by atoms with van der Waals surface area (Å²) in [5.41, 5.74) is 1.11. The number of benzene rings is 1. The Kier molecular flexibility index (Phi) is 5.15. The number of halogens is 1. The van der Waals surface area contributed by atoms with Crippen LogP contribution in [-0.2, 0) is 6.54 Å². The molecule has 25 heavy (non-hydrogen) atoms. The molecule has 0 spiro atoms. The quantitative estimate of drug-likeness (QED) is 0.735. The van der Waals surface area contributed by atoms with Crippen LogP contribution in [0.1, 0.15) is 51.5 Å². The number of nitrogens with one attached hydrogen (secondary N) is 1. The van der Waals surface area contributed by atoms with Crippen molar-refractivity contribution in [1.82, 2.24) is 5.32 Å². The van der Waals surface area contributed by atoms with E-state index in [0.717, 1.165) is 52.3 Å². The fraction of sp³-hybridized carbons (Fsp3) is 0.714. The van der Waals surface area contributed by atoms with E-state index >= 15 is 0 Å². The van der Waals surface area contributed by atoms with Gasteiger partial charge in [-0.1, -0.05) is 11.6 Å². The molecule has 0 saturated heterocycles. The Morgan fingerprint density at radius 2 is 1.48 bits per heavy atom.